The molecule has 3 fully saturated rings. The van der Waals surface area contributed by atoms with Gasteiger partial charge in [-0.2, -0.15) is 5.10 Å². The molecule has 5 heterocycles. The first-order valence-corrected chi connectivity index (χ1v) is 8.08. The molecule has 2 bridgehead atoms. The van der Waals surface area contributed by atoms with Crippen molar-refractivity contribution < 1.29 is 9.13 Å². The SMILES string of the molecule is Fc1ccc2c(NC3=NCC4(CN5CCC4CC5)O3)n[nH]c2c1. The van der Waals surface area contributed by atoms with E-state index in [9.17, 15) is 4.39 Å². The number of aromatic nitrogens is 2. The van der Waals surface area contributed by atoms with Crippen LogP contribution in [0, 0.1) is 11.7 Å². The van der Waals surface area contributed by atoms with E-state index in [0.717, 1.165) is 11.9 Å². The summed E-state index contributed by atoms with van der Waals surface area (Å²) >= 11 is 0. The van der Waals surface area contributed by atoms with E-state index in [1.165, 1.54) is 38.1 Å². The van der Waals surface area contributed by atoms with E-state index >= 15 is 0 Å². The van der Waals surface area contributed by atoms with Crippen molar-refractivity contribution in [3.63, 3.8) is 0 Å². The Kier molecular flexibility index (Phi) is 2.70. The van der Waals surface area contributed by atoms with E-state index < -0.39 is 0 Å². The molecule has 23 heavy (non-hydrogen) atoms. The molecule has 0 radical (unpaired) electrons. The summed E-state index contributed by atoms with van der Waals surface area (Å²) in [4.78, 5) is 7.02. The van der Waals surface area contributed by atoms with E-state index in [-0.39, 0.29) is 11.4 Å². The van der Waals surface area contributed by atoms with Gasteiger partial charge in [-0.15, -0.1) is 0 Å². The molecule has 1 spiro atoms. The Balaban J connectivity index is 1.37. The highest BCUT2D eigenvalue weighted by Gasteiger charge is 2.51. The average Bonchev–Trinajstić information content (AvgIpc) is 3.13. The summed E-state index contributed by atoms with van der Waals surface area (Å²) in [5.41, 5.74) is 0.487. The number of rotatable bonds is 1. The molecule has 120 valence electrons. The zero-order valence-electron chi connectivity index (χ0n) is 12.7. The number of nitrogens with one attached hydrogen (secondary N) is 2. The normalized spacial score (nSPS) is 32.3. The van der Waals surface area contributed by atoms with Crippen molar-refractivity contribution in [2.45, 2.75) is 18.4 Å². The van der Waals surface area contributed by atoms with Gasteiger partial charge in [-0.3, -0.25) is 15.3 Å². The topological polar surface area (TPSA) is 65.5 Å². The molecule has 1 unspecified atom stereocenters. The van der Waals surface area contributed by atoms with Gasteiger partial charge in [0.15, 0.2) is 5.82 Å². The first kappa shape index (κ1) is 13.3. The Morgan fingerprint density at radius 3 is 3.00 bits per heavy atom. The number of benzene rings is 1. The predicted octanol–water partition coefficient (Wildman–Crippen LogP) is 1.96. The molecule has 4 aliphatic heterocycles. The molecule has 2 N–H and O–H groups in total. The van der Waals surface area contributed by atoms with Gasteiger partial charge in [0.1, 0.15) is 11.4 Å². The van der Waals surface area contributed by atoms with Crippen molar-refractivity contribution in [1.82, 2.24) is 15.1 Å². The molecule has 6 nitrogen and oxygen atoms in total. The summed E-state index contributed by atoms with van der Waals surface area (Å²) in [5.74, 6) is 0.922. The molecule has 6 rings (SSSR count). The number of aliphatic imine (C=N–C) groups is 1. The van der Waals surface area contributed by atoms with Crippen LogP contribution in [0.1, 0.15) is 12.8 Å². The fourth-order valence-electron chi connectivity index (χ4n) is 4.14. The standard InChI is InChI=1S/C16H18FN5O/c17-11-1-2-12-13(7-11)20-21-14(12)19-15-18-8-16(23-15)9-22-5-3-10(16)4-6-22/h1-2,7,10H,3-6,8-9H2,(H2,18,19,20,21). The second-order valence-corrected chi connectivity index (χ2v) is 6.73. The molecular weight excluding hydrogens is 297 g/mol. The average molecular weight is 315 g/mol. The van der Waals surface area contributed by atoms with Crippen LogP contribution in [0.25, 0.3) is 10.9 Å². The van der Waals surface area contributed by atoms with Gasteiger partial charge in [0.25, 0.3) is 6.02 Å². The Bertz CT molecular complexity index is 795. The fraction of sp³-hybridized carbons (Fsp3) is 0.500. The second kappa shape index (κ2) is 4.67. The quantitative estimate of drug-likeness (QED) is 0.844. The molecule has 2 aromatic rings. The predicted molar refractivity (Wildman–Crippen MR) is 85.0 cm³/mol. The Morgan fingerprint density at radius 1 is 1.35 bits per heavy atom. The first-order valence-electron chi connectivity index (χ1n) is 8.08. The summed E-state index contributed by atoms with van der Waals surface area (Å²) in [7, 11) is 0. The number of ether oxygens (including phenoxy) is 1. The zero-order valence-corrected chi connectivity index (χ0v) is 12.7. The smallest absolute Gasteiger partial charge is 0.291 e. The van der Waals surface area contributed by atoms with Gasteiger partial charge < -0.3 is 4.74 Å². The van der Waals surface area contributed by atoms with Crippen LogP contribution in [-0.4, -0.2) is 52.9 Å². The van der Waals surface area contributed by atoms with E-state index in [2.05, 4.69) is 25.4 Å². The van der Waals surface area contributed by atoms with Crippen LogP contribution in [0.2, 0.25) is 0 Å². The minimum atomic E-state index is -0.284. The van der Waals surface area contributed by atoms with Crippen molar-refractivity contribution >= 4 is 22.7 Å². The number of aromatic amines is 1. The summed E-state index contributed by atoms with van der Waals surface area (Å²) in [6.45, 7) is 4.01. The summed E-state index contributed by atoms with van der Waals surface area (Å²) in [6, 6.07) is 5.08. The highest BCUT2D eigenvalue weighted by Crippen LogP contribution is 2.41. The van der Waals surface area contributed by atoms with Crippen LogP contribution < -0.4 is 5.32 Å². The lowest BCUT2D eigenvalue weighted by molar-refractivity contribution is -0.0829. The van der Waals surface area contributed by atoms with Crippen molar-refractivity contribution in [3.05, 3.63) is 24.0 Å². The van der Waals surface area contributed by atoms with Gasteiger partial charge in [-0.25, -0.2) is 9.38 Å². The van der Waals surface area contributed by atoms with Crippen LogP contribution in [0.4, 0.5) is 10.2 Å². The maximum atomic E-state index is 13.3. The molecule has 1 aromatic carbocycles. The number of amidine groups is 1. The van der Waals surface area contributed by atoms with Crippen molar-refractivity contribution in [1.29, 1.82) is 0 Å². The molecule has 7 heteroatoms. The number of piperidine rings is 3. The van der Waals surface area contributed by atoms with Gasteiger partial charge in [0.2, 0.25) is 0 Å². The summed E-state index contributed by atoms with van der Waals surface area (Å²) in [6.07, 6.45) is 2.38. The van der Waals surface area contributed by atoms with Gasteiger partial charge in [0, 0.05) is 17.8 Å². The second-order valence-electron chi connectivity index (χ2n) is 6.73. The molecule has 0 saturated carbocycles. The van der Waals surface area contributed by atoms with E-state index in [4.69, 9.17) is 4.74 Å². The monoisotopic (exact) mass is 315 g/mol. The number of hydrogen-bond acceptors (Lipinski definition) is 5. The molecule has 3 saturated heterocycles. The zero-order chi connectivity index (χ0) is 15.4. The van der Waals surface area contributed by atoms with Crippen LogP contribution in [0.3, 0.4) is 0 Å². The molecule has 0 aliphatic carbocycles. The van der Waals surface area contributed by atoms with Gasteiger partial charge >= 0.3 is 0 Å². The van der Waals surface area contributed by atoms with Gasteiger partial charge in [-0.05, 0) is 44.1 Å². The summed E-state index contributed by atoms with van der Waals surface area (Å²) in [5, 5.41) is 11.0. The highest BCUT2D eigenvalue weighted by atomic mass is 19.1. The summed E-state index contributed by atoms with van der Waals surface area (Å²) < 4.78 is 19.5. The third kappa shape index (κ3) is 2.03. The molecular formula is C16H18FN5O. The number of halogens is 1. The Morgan fingerprint density at radius 2 is 2.22 bits per heavy atom. The highest BCUT2D eigenvalue weighted by molar-refractivity contribution is 5.99. The number of fused-ring (bicyclic) bond motifs is 3. The lowest BCUT2D eigenvalue weighted by atomic mass is 9.75. The molecule has 1 aromatic heterocycles. The maximum Gasteiger partial charge on any atom is 0.291 e. The molecule has 4 aliphatic rings. The maximum absolute atomic E-state index is 13.3. The van der Waals surface area contributed by atoms with E-state index in [1.54, 1.807) is 6.07 Å². The number of hydrogen-bond donors (Lipinski definition) is 2. The van der Waals surface area contributed by atoms with Crippen molar-refractivity contribution in [2.24, 2.45) is 10.9 Å². The minimum Gasteiger partial charge on any atom is -0.455 e. The van der Waals surface area contributed by atoms with Crippen molar-refractivity contribution in [3.8, 4) is 0 Å². The number of anilines is 1. The number of nitrogens with zero attached hydrogens (tertiary/aromatic N) is 3. The third-order valence-corrected chi connectivity index (χ3v) is 5.36. The fourth-order valence-corrected chi connectivity index (χ4v) is 4.14. The molecule has 1 atom stereocenters. The van der Waals surface area contributed by atoms with Crippen LogP contribution in [0.5, 0.6) is 0 Å². The van der Waals surface area contributed by atoms with Crippen LogP contribution in [-0.2, 0) is 4.74 Å². The van der Waals surface area contributed by atoms with Crippen LogP contribution >= 0.6 is 0 Å². The lowest BCUT2D eigenvalue weighted by Crippen LogP contribution is -2.61. The first-order chi connectivity index (χ1) is 11.2. The lowest BCUT2D eigenvalue weighted by Gasteiger charge is -2.50. The van der Waals surface area contributed by atoms with E-state index in [0.29, 0.717) is 29.8 Å². The Labute approximate surface area is 132 Å². The van der Waals surface area contributed by atoms with Crippen molar-refractivity contribution in [2.75, 3.05) is 31.5 Å². The third-order valence-electron chi connectivity index (χ3n) is 5.36. The van der Waals surface area contributed by atoms with Gasteiger partial charge in [-0.1, -0.05) is 0 Å². The molecule has 0 amide bonds. The van der Waals surface area contributed by atoms with Gasteiger partial charge in [0.05, 0.1) is 12.1 Å². The Hall–Kier alpha value is -2.15. The number of H-pyrrole nitrogens is 1. The minimum absolute atomic E-state index is 0.170. The van der Waals surface area contributed by atoms with E-state index in [1.807, 2.05) is 0 Å². The largest absolute Gasteiger partial charge is 0.455 e. The van der Waals surface area contributed by atoms with Crippen LogP contribution in [0.15, 0.2) is 23.2 Å².